The van der Waals surface area contributed by atoms with E-state index in [1.165, 1.54) is 11.1 Å². The van der Waals surface area contributed by atoms with Crippen molar-refractivity contribution in [1.29, 1.82) is 0 Å². The number of fused-ring (bicyclic) bond motifs is 2. The van der Waals surface area contributed by atoms with Gasteiger partial charge >= 0.3 is 0 Å². The Labute approximate surface area is 152 Å². The lowest BCUT2D eigenvalue weighted by molar-refractivity contribution is 0.0951. The van der Waals surface area contributed by atoms with Crippen LogP contribution in [0.4, 0.5) is 11.9 Å². The highest BCUT2D eigenvalue weighted by molar-refractivity contribution is 5.98. The fraction of sp³-hybridized carbons (Fsp3) is 0.350. The van der Waals surface area contributed by atoms with Crippen LogP contribution in [0.3, 0.4) is 0 Å². The zero-order valence-electron chi connectivity index (χ0n) is 15.4. The van der Waals surface area contributed by atoms with Crippen LogP contribution in [0.5, 0.6) is 0 Å². The molecule has 1 atom stereocenters. The Hall–Kier alpha value is -2.89. The standard InChI is InChI=1S/C20H21N5O/c1-10-5-16-15(18(26)6-10)9-21-19(23-16)25-20-22-13(4)14-7-11(2)12(3)8-17(14)24-20/h7-10H,5-6H2,1-4H3,(H,21,22,23,24,25)/t10-/m0/s1. The number of ketones is 1. The Morgan fingerprint density at radius 3 is 2.58 bits per heavy atom. The summed E-state index contributed by atoms with van der Waals surface area (Å²) in [6.45, 7) is 8.20. The number of carbonyl (C=O) groups excluding carboxylic acids is 1. The van der Waals surface area contributed by atoms with Crippen LogP contribution < -0.4 is 5.32 Å². The molecule has 2 heterocycles. The van der Waals surface area contributed by atoms with Crippen molar-refractivity contribution in [3.8, 4) is 0 Å². The van der Waals surface area contributed by atoms with E-state index in [1.807, 2.05) is 6.92 Å². The van der Waals surface area contributed by atoms with Crippen LogP contribution in [0, 0.1) is 26.7 Å². The van der Waals surface area contributed by atoms with Gasteiger partial charge in [0.05, 0.1) is 22.5 Å². The van der Waals surface area contributed by atoms with E-state index < -0.39 is 0 Å². The first-order valence-corrected chi connectivity index (χ1v) is 8.82. The molecule has 1 aliphatic rings. The number of Topliss-reactive ketones (excluding diaryl/α,β-unsaturated/α-hetero) is 1. The van der Waals surface area contributed by atoms with Crippen LogP contribution in [0.15, 0.2) is 18.3 Å². The van der Waals surface area contributed by atoms with Crippen molar-refractivity contribution >= 4 is 28.6 Å². The topological polar surface area (TPSA) is 80.7 Å². The number of carbonyl (C=O) groups is 1. The van der Waals surface area contributed by atoms with E-state index in [1.54, 1.807) is 6.20 Å². The Balaban J connectivity index is 1.70. The minimum atomic E-state index is 0.119. The van der Waals surface area contributed by atoms with Crippen molar-refractivity contribution in [3.05, 3.63) is 46.4 Å². The molecule has 1 aliphatic carbocycles. The number of hydrogen-bond acceptors (Lipinski definition) is 6. The number of nitrogens with one attached hydrogen (secondary N) is 1. The molecular weight excluding hydrogens is 326 g/mol. The lowest BCUT2D eigenvalue weighted by atomic mass is 9.88. The second-order valence-electron chi connectivity index (χ2n) is 7.20. The van der Waals surface area contributed by atoms with Gasteiger partial charge < -0.3 is 0 Å². The molecule has 0 aliphatic heterocycles. The summed E-state index contributed by atoms with van der Waals surface area (Å²) in [5.74, 6) is 1.32. The maximum absolute atomic E-state index is 12.1. The Bertz CT molecular complexity index is 1040. The molecule has 6 heteroatoms. The number of aryl methyl sites for hydroxylation is 3. The van der Waals surface area contributed by atoms with Gasteiger partial charge in [0.25, 0.3) is 0 Å². The molecule has 2 aromatic heterocycles. The molecule has 0 unspecified atom stereocenters. The van der Waals surface area contributed by atoms with E-state index in [9.17, 15) is 4.79 Å². The van der Waals surface area contributed by atoms with E-state index in [-0.39, 0.29) is 5.78 Å². The highest BCUT2D eigenvalue weighted by Gasteiger charge is 2.24. The van der Waals surface area contributed by atoms with Crippen LogP contribution in [-0.2, 0) is 6.42 Å². The average molecular weight is 347 g/mol. The molecular formula is C20H21N5O. The van der Waals surface area contributed by atoms with Gasteiger partial charge in [0, 0.05) is 18.0 Å². The Morgan fingerprint density at radius 1 is 1.00 bits per heavy atom. The van der Waals surface area contributed by atoms with Crippen molar-refractivity contribution < 1.29 is 4.79 Å². The van der Waals surface area contributed by atoms with Crippen molar-refractivity contribution in [2.45, 2.75) is 40.5 Å². The zero-order valence-corrected chi connectivity index (χ0v) is 15.4. The average Bonchev–Trinajstić information content (AvgIpc) is 2.56. The van der Waals surface area contributed by atoms with E-state index in [0.29, 0.717) is 29.8 Å². The van der Waals surface area contributed by atoms with Gasteiger partial charge in [0.1, 0.15) is 0 Å². The predicted molar refractivity (Wildman–Crippen MR) is 101 cm³/mol. The third kappa shape index (κ3) is 2.92. The molecule has 0 saturated heterocycles. The number of rotatable bonds is 2. The van der Waals surface area contributed by atoms with Gasteiger partial charge in [0.15, 0.2) is 5.78 Å². The first-order chi connectivity index (χ1) is 12.4. The molecule has 0 amide bonds. The number of hydrogen-bond donors (Lipinski definition) is 1. The summed E-state index contributed by atoms with van der Waals surface area (Å²) in [5, 5.41) is 4.14. The lowest BCUT2D eigenvalue weighted by Crippen LogP contribution is -2.20. The van der Waals surface area contributed by atoms with Crippen LogP contribution in [0.1, 0.15) is 46.2 Å². The van der Waals surface area contributed by atoms with Gasteiger partial charge in [-0.05, 0) is 56.4 Å². The molecule has 26 heavy (non-hydrogen) atoms. The second-order valence-corrected chi connectivity index (χ2v) is 7.20. The number of aromatic nitrogens is 4. The maximum Gasteiger partial charge on any atom is 0.230 e. The largest absolute Gasteiger partial charge is 0.294 e. The maximum atomic E-state index is 12.1. The molecule has 0 radical (unpaired) electrons. The highest BCUT2D eigenvalue weighted by Crippen LogP contribution is 2.25. The lowest BCUT2D eigenvalue weighted by Gasteiger charge is -2.19. The zero-order chi connectivity index (χ0) is 18.4. The fourth-order valence-electron chi connectivity index (χ4n) is 3.39. The Morgan fingerprint density at radius 2 is 1.77 bits per heavy atom. The molecule has 0 fully saturated rings. The smallest absolute Gasteiger partial charge is 0.230 e. The summed E-state index contributed by atoms with van der Waals surface area (Å²) in [7, 11) is 0. The number of anilines is 2. The van der Waals surface area contributed by atoms with E-state index in [2.05, 4.69) is 58.2 Å². The summed E-state index contributed by atoms with van der Waals surface area (Å²) >= 11 is 0. The van der Waals surface area contributed by atoms with Crippen molar-refractivity contribution in [1.82, 2.24) is 19.9 Å². The van der Waals surface area contributed by atoms with Gasteiger partial charge in [-0.15, -0.1) is 0 Å². The minimum Gasteiger partial charge on any atom is -0.294 e. The summed E-state index contributed by atoms with van der Waals surface area (Å²) in [6.07, 6.45) is 2.96. The first-order valence-electron chi connectivity index (χ1n) is 8.82. The minimum absolute atomic E-state index is 0.119. The van der Waals surface area contributed by atoms with Gasteiger partial charge in [0.2, 0.25) is 11.9 Å². The van der Waals surface area contributed by atoms with E-state index in [4.69, 9.17) is 0 Å². The molecule has 0 saturated carbocycles. The van der Waals surface area contributed by atoms with Gasteiger partial charge in [-0.3, -0.25) is 10.1 Å². The summed E-state index contributed by atoms with van der Waals surface area (Å²) in [5.41, 5.74) is 5.65. The first kappa shape index (κ1) is 16.6. The van der Waals surface area contributed by atoms with Crippen LogP contribution in [0.2, 0.25) is 0 Å². The molecule has 0 spiro atoms. The quantitative estimate of drug-likeness (QED) is 0.758. The highest BCUT2D eigenvalue weighted by atomic mass is 16.1. The van der Waals surface area contributed by atoms with Crippen molar-refractivity contribution in [3.63, 3.8) is 0 Å². The second kappa shape index (κ2) is 6.12. The monoisotopic (exact) mass is 347 g/mol. The summed E-state index contributed by atoms with van der Waals surface area (Å²) in [4.78, 5) is 30.0. The SMILES string of the molecule is Cc1cc2nc(Nc3ncc4c(n3)C[C@H](C)CC4=O)nc(C)c2cc1C. The molecule has 4 rings (SSSR count). The molecule has 132 valence electrons. The van der Waals surface area contributed by atoms with Gasteiger partial charge in [-0.25, -0.2) is 19.9 Å². The third-order valence-electron chi connectivity index (χ3n) is 4.97. The van der Waals surface area contributed by atoms with Crippen molar-refractivity contribution in [2.24, 2.45) is 5.92 Å². The molecule has 3 aromatic rings. The van der Waals surface area contributed by atoms with E-state index in [0.717, 1.165) is 28.7 Å². The number of nitrogens with zero attached hydrogens (tertiary/aromatic N) is 4. The van der Waals surface area contributed by atoms with Crippen molar-refractivity contribution in [2.75, 3.05) is 5.32 Å². The van der Waals surface area contributed by atoms with E-state index >= 15 is 0 Å². The van der Waals surface area contributed by atoms with Gasteiger partial charge in [-0.2, -0.15) is 0 Å². The van der Waals surface area contributed by atoms with Crippen LogP contribution in [-0.4, -0.2) is 25.7 Å². The predicted octanol–water partition coefficient (Wildman–Crippen LogP) is 3.85. The summed E-state index contributed by atoms with van der Waals surface area (Å²) in [6, 6.07) is 4.19. The molecule has 0 bridgehead atoms. The summed E-state index contributed by atoms with van der Waals surface area (Å²) < 4.78 is 0. The van der Waals surface area contributed by atoms with Crippen LogP contribution >= 0.6 is 0 Å². The normalized spacial score (nSPS) is 16.6. The fourth-order valence-corrected chi connectivity index (χ4v) is 3.39. The Kier molecular flexibility index (Phi) is 3.90. The molecule has 1 N–H and O–H groups in total. The third-order valence-corrected chi connectivity index (χ3v) is 4.97. The molecule has 1 aromatic carbocycles. The van der Waals surface area contributed by atoms with Gasteiger partial charge in [-0.1, -0.05) is 6.92 Å². The number of benzene rings is 1. The van der Waals surface area contributed by atoms with Crippen LogP contribution in [0.25, 0.3) is 10.9 Å². The molecule has 6 nitrogen and oxygen atoms in total.